The number of anilines is 1. The van der Waals surface area contributed by atoms with Gasteiger partial charge in [-0.2, -0.15) is 0 Å². The molecule has 0 aliphatic carbocycles. The molecule has 1 unspecified atom stereocenters. The Bertz CT molecular complexity index is 723. The number of halogens is 1. The van der Waals surface area contributed by atoms with Crippen molar-refractivity contribution in [2.45, 2.75) is 25.8 Å². The number of aliphatic imine (C=N–C) groups is 1. The van der Waals surface area contributed by atoms with Crippen molar-refractivity contribution in [3.63, 3.8) is 0 Å². The Labute approximate surface area is 179 Å². The van der Waals surface area contributed by atoms with Crippen molar-refractivity contribution in [1.82, 2.24) is 5.32 Å². The van der Waals surface area contributed by atoms with Gasteiger partial charge in [-0.05, 0) is 31.5 Å². The minimum absolute atomic E-state index is 0. The number of hydrogen-bond donors (Lipinski definition) is 2. The smallest absolute Gasteiger partial charge is 0.189 e. The first-order chi connectivity index (χ1) is 12.8. The Morgan fingerprint density at radius 3 is 2.70 bits per heavy atom. The third kappa shape index (κ3) is 6.02. The first-order valence-corrected chi connectivity index (χ1v) is 9.36. The molecule has 6 heteroatoms. The summed E-state index contributed by atoms with van der Waals surface area (Å²) in [4.78, 5) is 6.86. The molecule has 3 rings (SSSR count). The zero-order valence-corrected chi connectivity index (χ0v) is 18.1. The van der Waals surface area contributed by atoms with Gasteiger partial charge >= 0.3 is 0 Å². The monoisotopic (exact) mass is 480 g/mol. The molecule has 2 aromatic rings. The SMILES string of the molecule is CCN(CCCN=C(N)NC1CCOc2ccccc21)c1ccccc1.I. The maximum atomic E-state index is 6.11. The van der Waals surface area contributed by atoms with E-state index >= 15 is 0 Å². The molecule has 0 amide bonds. The standard InChI is InChI=1S/C21H28N4O.HI/c1-2-25(17-9-4-3-5-10-17)15-8-14-23-21(22)24-19-13-16-26-20-12-7-6-11-18(19)20;/h3-7,9-12,19H,2,8,13-16H2,1H3,(H3,22,23,24);1H. The molecular formula is C21H29IN4O. The minimum atomic E-state index is 0. The average molecular weight is 480 g/mol. The van der Waals surface area contributed by atoms with Gasteiger partial charge in [0.05, 0.1) is 12.6 Å². The highest BCUT2D eigenvalue weighted by Gasteiger charge is 2.21. The topological polar surface area (TPSA) is 62.9 Å². The maximum Gasteiger partial charge on any atom is 0.189 e. The number of benzene rings is 2. The zero-order valence-electron chi connectivity index (χ0n) is 15.8. The predicted octanol–water partition coefficient (Wildman–Crippen LogP) is 3.95. The van der Waals surface area contributed by atoms with Crippen LogP contribution in [-0.2, 0) is 0 Å². The number of ether oxygens (including phenoxy) is 1. The second-order valence-electron chi connectivity index (χ2n) is 6.41. The van der Waals surface area contributed by atoms with Crippen molar-refractivity contribution in [3.8, 4) is 5.75 Å². The largest absolute Gasteiger partial charge is 0.493 e. The maximum absolute atomic E-state index is 6.11. The highest BCUT2D eigenvalue weighted by Crippen LogP contribution is 2.31. The Kier molecular flexibility index (Phi) is 8.71. The van der Waals surface area contributed by atoms with Crippen molar-refractivity contribution in [3.05, 3.63) is 60.2 Å². The minimum Gasteiger partial charge on any atom is -0.493 e. The molecule has 2 aromatic carbocycles. The summed E-state index contributed by atoms with van der Waals surface area (Å²) in [5.41, 5.74) is 8.51. The van der Waals surface area contributed by atoms with Gasteiger partial charge in [-0.15, -0.1) is 24.0 Å². The van der Waals surface area contributed by atoms with Crippen molar-refractivity contribution < 1.29 is 4.74 Å². The fraction of sp³-hybridized carbons (Fsp3) is 0.381. The van der Waals surface area contributed by atoms with E-state index in [1.54, 1.807) is 0 Å². The first-order valence-electron chi connectivity index (χ1n) is 9.36. The molecule has 1 heterocycles. The van der Waals surface area contributed by atoms with E-state index in [1.165, 1.54) is 5.69 Å². The molecule has 1 atom stereocenters. The van der Waals surface area contributed by atoms with Gasteiger partial charge in [0.25, 0.3) is 0 Å². The van der Waals surface area contributed by atoms with Crippen LogP contribution in [0.15, 0.2) is 59.6 Å². The second-order valence-corrected chi connectivity index (χ2v) is 6.41. The van der Waals surface area contributed by atoms with Crippen LogP contribution in [0.1, 0.15) is 31.4 Å². The van der Waals surface area contributed by atoms with Gasteiger partial charge in [0.15, 0.2) is 5.96 Å². The number of rotatable bonds is 7. The van der Waals surface area contributed by atoms with Crippen molar-refractivity contribution >= 4 is 35.6 Å². The molecular weight excluding hydrogens is 451 g/mol. The lowest BCUT2D eigenvalue weighted by molar-refractivity contribution is 0.262. The molecule has 3 N–H and O–H groups in total. The van der Waals surface area contributed by atoms with E-state index < -0.39 is 0 Å². The molecule has 146 valence electrons. The third-order valence-electron chi connectivity index (χ3n) is 4.65. The van der Waals surface area contributed by atoms with E-state index in [0.29, 0.717) is 19.1 Å². The molecule has 27 heavy (non-hydrogen) atoms. The number of para-hydroxylation sites is 2. The summed E-state index contributed by atoms with van der Waals surface area (Å²) in [6.07, 6.45) is 1.86. The number of nitrogens with two attached hydrogens (primary N) is 1. The molecule has 0 bridgehead atoms. The van der Waals surface area contributed by atoms with E-state index in [0.717, 1.165) is 37.2 Å². The molecule has 1 aliphatic heterocycles. The Morgan fingerprint density at radius 1 is 1.19 bits per heavy atom. The Morgan fingerprint density at radius 2 is 1.93 bits per heavy atom. The van der Waals surface area contributed by atoms with Crippen LogP contribution in [0, 0.1) is 0 Å². The van der Waals surface area contributed by atoms with Gasteiger partial charge in [0, 0.05) is 37.3 Å². The Hall–Kier alpha value is -1.96. The van der Waals surface area contributed by atoms with Crippen LogP contribution in [0.2, 0.25) is 0 Å². The number of hydrogen-bond acceptors (Lipinski definition) is 3. The van der Waals surface area contributed by atoms with E-state index in [-0.39, 0.29) is 30.0 Å². The summed E-state index contributed by atoms with van der Waals surface area (Å²) in [7, 11) is 0. The van der Waals surface area contributed by atoms with Crippen molar-refractivity contribution in [2.24, 2.45) is 10.7 Å². The summed E-state index contributed by atoms with van der Waals surface area (Å²) >= 11 is 0. The lowest BCUT2D eigenvalue weighted by Crippen LogP contribution is -2.37. The highest BCUT2D eigenvalue weighted by molar-refractivity contribution is 14.0. The van der Waals surface area contributed by atoms with E-state index in [9.17, 15) is 0 Å². The van der Waals surface area contributed by atoms with Crippen LogP contribution in [0.5, 0.6) is 5.75 Å². The quantitative estimate of drug-likeness (QED) is 0.273. The van der Waals surface area contributed by atoms with Gasteiger partial charge in [0.1, 0.15) is 5.75 Å². The molecule has 1 aliphatic rings. The van der Waals surface area contributed by atoms with Crippen LogP contribution in [0.25, 0.3) is 0 Å². The van der Waals surface area contributed by atoms with Crippen LogP contribution in [0.4, 0.5) is 5.69 Å². The van der Waals surface area contributed by atoms with Crippen LogP contribution >= 0.6 is 24.0 Å². The van der Waals surface area contributed by atoms with E-state index in [4.69, 9.17) is 10.5 Å². The van der Waals surface area contributed by atoms with Gasteiger partial charge in [0.2, 0.25) is 0 Å². The molecule has 0 spiro atoms. The lowest BCUT2D eigenvalue weighted by atomic mass is 10.0. The predicted molar refractivity (Wildman–Crippen MR) is 123 cm³/mol. The van der Waals surface area contributed by atoms with Crippen LogP contribution < -0.4 is 20.7 Å². The van der Waals surface area contributed by atoms with Crippen LogP contribution in [0.3, 0.4) is 0 Å². The number of guanidine groups is 1. The van der Waals surface area contributed by atoms with Crippen molar-refractivity contribution in [2.75, 3.05) is 31.1 Å². The number of fused-ring (bicyclic) bond motifs is 1. The second kappa shape index (κ2) is 11.0. The number of nitrogens with zero attached hydrogens (tertiary/aromatic N) is 2. The summed E-state index contributed by atoms with van der Waals surface area (Å²) in [5, 5.41) is 3.34. The third-order valence-corrected chi connectivity index (χ3v) is 4.65. The van der Waals surface area contributed by atoms with Crippen LogP contribution in [-0.4, -0.2) is 32.2 Å². The van der Waals surface area contributed by atoms with Crippen molar-refractivity contribution in [1.29, 1.82) is 0 Å². The normalized spacial score (nSPS) is 15.9. The number of nitrogens with one attached hydrogen (secondary N) is 1. The first kappa shape index (κ1) is 21.3. The summed E-state index contributed by atoms with van der Waals surface area (Å²) in [6.45, 7) is 5.55. The fourth-order valence-corrected chi connectivity index (χ4v) is 3.29. The van der Waals surface area contributed by atoms with Gasteiger partial charge in [-0.3, -0.25) is 4.99 Å². The fourth-order valence-electron chi connectivity index (χ4n) is 3.29. The molecule has 0 aromatic heterocycles. The summed E-state index contributed by atoms with van der Waals surface area (Å²) in [6, 6.07) is 18.7. The van der Waals surface area contributed by atoms with Gasteiger partial charge < -0.3 is 20.7 Å². The average Bonchev–Trinajstić information content (AvgIpc) is 2.69. The van der Waals surface area contributed by atoms with E-state index in [1.807, 2.05) is 24.3 Å². The highest BCUT2D eigenvalue weighted by atomic mass is 127. The lowest BCUT2D eigenvalue weighted by Gasteiger charge is -2.27. The molecule has 0 radical (unpaired) electrons. The van der Waals surface area contributed by atoms with Gasteiger partial charge in [-0.25, -0.2) is 0 Å². The Balaban J connectivity index is 0.00000261. The molecule has 0 saturated carbocycles. The van der Waals surface area contributed by atoms with Gasteiger partial charge in [-0.1, -0.05) is 36.4 Å². The molecule has 5 nitrogen and oxygen atoms in total. The summed E-state index contributed by atoms with van der Waals surface area (Å²) < 4.78 is 5.69. The molecule has 0 fully saturated rings. The molecule has 0 saturated heterocycles. The van der Waals surface area contributed by atoms with E-state index in [2.05, 4.69) is 52.5 Å². The zero-order chi connectivity index (χ0) is 18.2. The summed E-state index contributed by atoms with van der Waals surface area (Å²) in [5.74, 6) is 1.44.